The van der Waals surface area contributed by atoms with Crippen LogP contribution in [0.4, 0.5) is 17.1 Å². The maximum atomic E-state index is 7.23. The van der Waals surface area contributed by atoms with Gasteiger partial charge in [-0.3, -0.25) is 0 Å². The minimum atomic E-state index is 0.822. The predicted octanol–water partition coefficient (Wildman–Crippen LogP) is 14.2. The zero-order chi connectivity index (χ0) is 34.4. The number of hydrogen-bond acceptors (Lipinski definition) is 2. The van der Waals surface area contributed by atoms with E-state index in [1.165, 1.54) is 38.4 Å². The van der Waals surface area contributed by atoms with Gasteiger partial charge in [0.05, 0.1) is 5.69 Å². The molecule has 0 saturated heterocycles. The molecule has 52 heavy (non-hydrogen) atoms. The van der Waals surface area contributed by atoms with Crippen molar-refractivity contribution >= 4 is 38.6 Å². The van der Waals surface area contributed by atoms with Crippen molar-refractivity contribution in [2.45, 2.75) is 0 Å². The number of nitrogens with zero attached hydrogens (tertiary/aromatic N) is 1. The summed E-state index contributed by atoms with van der Waals surface area (Å²) in [4.78, 5) is 2.34. The van der Waals surface area contributed by atoms with E-state index in [1.54, 1.807) is 0 Å². The highest BCUT2D eigenvalue weighted by atomic mass is 16.5. The van der Waals surface area contributed by atoms with Gasteiger partial charge in [-0.05, 0) is 103 Å². The molecule has 1 heterocycles. The van der Waals surface area contributed by atoms with Gasteiger partial charge in [-0.1, -0.05) is 152 Å². The van der Waals surface area contributed by atoms with E-state index in [9.17, 15) is 0 Å². The van der Waals surface area contributed by atoms with Gasteiger partial charge < -0.3 is 9.64 Å². The number of hydrogen-bond donors (Lipinski definition) is 0. The Morgan fingerprint density at radius 1 is 0.308 bits per heavy atom. The summed E-state index contributed by atoms with van der Waals surface area (Å²) in [5.74, 6) is 1.67. The Balaban J connectivity index is 1.23. The van der Waals surface area contributed by atoms with Crippen molar-refractivity contribution in [2.24, 2.45) is 0 Å². The van der Waals surface area contributed by atoms with Crippen LogP contribution in [0, 0.1) is 0 Å². The molecule has 9 aromatic rings. The molecule has 0 bridgehead atoms. The van der Waals surface area contributed by atoms with Gasteiger partial charge in [0.1, 0.15) is 5.75 Å². The van der Waals surface area contributed by atoms with Crippen LogP contribution >= 0.6 is 0 Å². The average molecular weight is 664 g/mol. The lowest BCUT2D eigenvalue weighted by atomic mass is 9.90. The van der Waals surface area contributed by atoms with Crippen LogP contribution in [0.3, 0.4) is 0 Å². The minimum absolute atomic E-state index is 0.822. The highest BCUT2D eigenvalue weighted by Crippen LogP contribution is 2.54. The molecule has 0 fully saturated rings. The van der Waals surface area contributed by atoms with Crippen molar-refractivity contribution in [3.8, 4) is 56.0 Å². The Kier molecular flexibility index (Phi) is 7.18. The first kappa shape index (κ1) is 30.0. The van der Waals surface area contributed by atoms with Crippen molar-refractivity contribution < 1.29 is 4.74 Å². The van der Waals surface area contributed by atoms with Crippen LogP contribution in [0.5, 0.6) is 11.5 Å². The zero-order valence-corrected chi connectivity index (χ0v) is 28.4. The molecule has 2 heteroatoms. The van der Waals surface area contributed by atoms with Crippen LogP contribution in [-0.4, -0.2) is 0 Å². The van der Waals surface area contributed by atoms with E-state index >= 15 is 0 Å². The fourth-order valence-electron chi connectivity index (χ4n) is 7.63. The Morgan fingerprint density at radius 3 is 1.62 bits per heavy atom. The number of rotatable bonds is 5. The number of anilines is 3. The largest absolute Gasteiger partial charge is 0.454 e. The van der Waals surface area contributed by atoms with E-state index in [0.29, 0.717) is 0 Å². The molecule has 0 N–H and O–H groups in total. The van der Waals surface area contributed by atoms with Gasteiger partial charge in [0, 0.05) is 22.5 Å². The zero-order valence-electron chi connectivity index (χ0n) is 28.4. The molecule has 0 saturated carbocycles. The first-order chi connectivity index (χ1) is 25.8. The molecule has 2 nitrogen and oxygen atoms in total. The standard InChI is InChI=1S/C50H33NO/c1-3-12-34(13-4-1)37-22-26-42(27-23-37)51(43-28-24-36-16-7-8-17-38(36)30-43)48-21-11-20-45-46-31-41(35-14-5-2-6-15-35)25-29-44(46)47-32-39-18-9-10-19-40(39)33-49(47)52-50(45)48/h1-33H. The maximum Gasteiger partial charge on any atom is 0.159 e. The molecule has 9 aromatic carbocycles. The van der Waals surface area contributed by atoms with Gasteiger partial charge in [0.25, 0.3) is 0 Å². The number of fused-ring (bicyclic) bond motifs is 7. The van der Waals surface area contributed by atoms with Crippen molar-refractivity contribution in [1.82, 2.24) is 0 Å². The third-order valence-corrected chi connectivity index (χ3v) is 10.2. The van der Waals surface area contributed by atoms with Gasteiger partial charge in [-0.15, -0.1) is 0 Å². The topological polar surface area (TPSA) is 12.5 Å². The van der Waals surface area contributed by atoms with Gasteiger partial charge in [0.2, 0.25) is 0 Å². The molecule has 0 amide bonds. The average Bonchev–Trinajstić information content (AvgIpc) is 3.35. The Labute approximate surface area is 303 Å². The quantitative estimate of drug-likeness (QED) is 0.182. The van der Waals surface area contributed by atoms with Crippen molar-refractivity contribution in [2.75, 3.05) is 4.90 Å². The molecule has 1 aliphatic rings. The highest BCUT2D eigenvalue weighted by Gasteiger charge is 2.27. The van der Waals surface area contributed by atoms with Gasteiger partial charge in [0.15, 0.2) is 5.75 Å². The Morgan fingerprint density at radius 2 is 0.885 bits per heavy atom. The maximum absolute atomic E-state index is 7.23. The normalized spacial score (nSPS) is 11.6. The van der Waals surface area contributed by atoms with Gasteiger partial charge in [-0.25, -0.2) is 0 Å². The molecule has 0 radical (unpaired) electrons. The Hall–Kier alpha value is -6.90. The predicted molar refractivity (Wildman–Crippen MR) is 218 cm³/mol. The molecule has 1 aliphatic heterocycles. The molecule has 0 atom stereocenters. The van der Waals surface area contributed by atoms with Crippen LogP contribution < -0.4 is 9.64 Å². The van der Waals surface area contributed by atoms with Crippen LogP contribution in [0.25, 0.3) is 66.1 Å². The second kappa shape index (κ2) is 12.5. The number of benzene rings is 9. The lowest BCUT2D eigenvalue weighted by Gasteiger charge is -2.28. The van der Waals surface area contributed by atoms with Crippen LogP contribution in [0.1, 0.15) is 0 Å². The summed E-state index contributed by atoms with van der Waals surface area (Å²) in [6, 6.07) is 71.6. The monoisotopic (exact) mass is 663 g/mol. The fourth-order valence-corrected chi connectivity index (χ4v) is 7.63. The van der Waals surface area contributed by atoms with Crippen LogP contribution in [-0.2, 0) is 0 Å². The summed E-state index contributed by atoms with van der Waals surface area (Å²) >= 11 is 0. The lowest BCUT2D eigenvalue weighted by Crippen LogP contribution is -2.11. The third kappa shape index (κ3) is 5.21. The molecule has 0 aromatic heterocycles. The van der Waals surface area contributed by atoms with E-state index < -0.39 is 0 Å². The SMILES string of the molecule is c1ccc(-c2ccc(N(c3ccc4ccccc4c3)c3cccc4c3Oc3cc5ccccc5cc3-c3ccc(-c5ccccc5)cc3-4)cc2)cc1. The van der Waals surface area contributed by atoms with E-state index in [2.05, 4.69) is 205 Å². The summed E-state index contributed by atoms with van der Waals surface area (Å²) in [5.41, 5.74) is 12.2. The Bertz CT molecular complexity index is 2750. The molecule has 0 unspecified atom stereocenters. The smallest absolute Gasteiger partial charge is 0.159 e. The van der Waals surface area contributed by atoms with Crippen LogP contribution in [0.2, 0.25) is 0 Å². The van der Waals surface area contributed by atoms with Crippen molar-refractivity contribution in [3.63, 3.8) is 0 Å². The molecular weight excluding hydrogens is 631 g/mol. The molecule has 10 rings (SSSR count). The first-order valence-corrected chi connectivity index (χ1v) is 17.8. The van der Waals surface area contributed by atoms with Crippen LogP contribution in [0.15, 0.2) is 200 Å². The number of para-hydroxylation sites is 1. The van der Waals surface area contributed by atoms with Crippen molar-refractivity contribution in [3.05, 3.63) is 200 Å². The number of ether oxygens (including phenoxy) is 1. The molecular formula is C50H33NO. The van der Waals surface area contributed by atoms with E-state index in [-0.39, 0.29) is 0 Å². The van der Waals surface area contributed by atoms with E-state index in [0.717, 1.165) is 56.2 Å². The van der Waals surface area contributed by atoms with Crippen molar-refractivity contribution in [1.29, 1.82) is 0 Å². The summed E-state index contributed by atoms with van der Waals surface area (Å²) in [7, 11) is 0. The minimum Gasteiger partial charge on any atom is -0.454 e. The molecule has 0 aliphatic carbocycles. The van der Waals surface area contributed by atoms with Gasteiger partial charge >= 0.3 is 0 Å². The fraction of sp³-hybridized carbons (Fsp3) is 0. The summed E-state index contributed by atoms with van der Waals surface area (Å²) in [6.07, 6.45) is 0. The molecule has 0 spiro atoms. The third-order valence-electron chi connectivity index (χ3n) is 10.2. The summed E-state index contributed by atoms with van der Waals surface area (Å²) < 4.78 is 7.23. The van der Waals surface area contributed by atoms with Gasteiger partial charge in [-0.2, -0.15) is 0 Å². The van der Waals surface area contributed by atoms with E-state index in [1.807, 2.05) is 0 Å². The second-order valence-electron chi connectivity index (χ2n) is 13.4. The summed E-state index contributed by atoms with van der Waals surface area (Å²) in [6.45, 7) is 0. The highest BCUT2D eigenvalue weighted by molar-refractivity contribution is 6.01. The second-order valence-corrected chi connectivity index (χ2v) is 13.4. The molecule has 244 valence electrons. The van der Waals surface area contributed by atoms with E-state index in [4.69, 9.17) is 4.74 Å². The first-order valence-electron chi connectivity index (χ1n) is 17.8. The summed E-state index contributed by atoms with van der Waals surface area (Å²) in [5, 5.41) is 4.72. The lowest BCUT2D eigenvalue weighted by molar-refractivity contribution is 0.489.